The van der Waals surface area contributed by atoms with E-state index in [1.807, 2.05) is 0 Å². The van der Waals surface area contributed by atoms with Crippen molar-refractivity contribution in [3.8, 4) is 0 Å². The number of nitrogens with two attached hydrogens (primary N) is 1. The summed E-state index contributed by atoms with van der Waals surface area (Å²) in [6, 6.07) is 6.75. The standard InChI is InChI=1S/C14H21N/c1-10-6-11(2)8-12(7-10)9-14(3,15)13-4-5-13/h6-8,13H,4-5,9,15H2,1-3H3. The summed E-state index contributed by atoms with van der Waals surface area (Å²) in [5.74, 6) is 0.748. The van der Waals surface area contributed by atoms with Gasteiger partial charge in [0.05, 0.1) is 0 Å². The third-order valence-electron chi connectivity index (χ3n) is 3.38. The number of hydrogen-bond acceptors (Lipinski definition) is 1. The lowest BCUT2D eigenvalue weighted by atomic mass is 9.88. The lowest BCUT2D eigenvalue weighted by molar-refractivity contribution is 0.406. The van der Waals surface area contributed by atoms with Crippen LogP contribution in [0, 0.1) is 19.8 Å². The maximum atomic E-state index is 6.35. The van der Waals surface area contributed by atoms with Crippen LogP contribution in [0.5, 0.6) is 0 Å². The highest BCUT2D eigenvalue weighted by atomic mass is 14.8. The first kappa shape index (κ1) is 10.7. The molecule has 1 saturated carbocycles. The first-order valence-electron chi connectivity index (χ1n) is 5.83. The fraction of sp³-hybridized carbons (Fsp3) is 0.571. The highest BCUT2D eigenvalue weighted by Crippen LogP contribution is 2.39. The minimum Gasteiger partial charge on any atom is -0.325 e. The molecule has 2 rings (SSSR count). The van der Waals surface area contributed by atoms with Crippen molar-refractivity contribution in [3.05, 3.63) is 34.9 Å². The summed E-state index contributed by atoms with van der Waals surface area (Å²) in [5.41, 5.74) is 10.4. The van der Waals surface area contributed by atoms with Crippen molar-refractivity contribution in [1.29, 1.82) is 0 Å². The zero-order valence-electron chi connectivity index (χ0n) is 10.0. The van der Waals surface area contributed by atoms with Crippen LogP contribution in [-0.4, -0.2) is 5.54 Å². The van der Waals surface area contributed by atoms with E-state index >= 15 is 0 Å². The highest BCUT2D eigenvalue weighted by molar-refractivity contribution is 5.30. The molecule has 1 fully saturated rings. The molecule has 0 saturated heterocycles. The minimum absolute atomic E-state index is 0.000231. The van der Waals surface area contributed by atoms with Gasteiger partial charge >= 0.3 is 0 Å². The summed E-state index contributed by atoms with van der Waals surface area (Å²) in [6.45, 7) is 6.51. The molecule has 1 aliphatic rings. The summed E-state index contributed by atoms with van der Waals surface area (Å²) in [7, 11) is 0. The van der Waals surface area contributed by atoms with Crippen LogP contribution in [0.15, 0.2) is 18.2 Å². The van der Waals surface area contributed by atoms with Crippen LogP contribution in [0.3, 0.4) is 0 Å². The van der Waals surface area contributed by atoms with Crippen molar-refractivity contribution in [3.63, 3.8) is 0 Å². The third kappa shape index (κ3) is 2.60. The molecule has 1 nitrogen and oxygen atoms in total. The van der Waals surface area contributed by atoms with Crippen molar-refractivity contribution in [2.45, 2.75) is 45.6 Å². The van der Waals surface area contributed by atoms with E-state index in [0.717, 1.165) is 12.3 Å². The van der Waals surface area contributed by atoms with Gasteiger partial charge in [-0.25, -0.2) is 0 Å². The largest absolute Gasteiger partial charge is 0.325 e. The summed E-state index contributed by atoms with van der Waals surface area (Å²) < 4.78 is 0. The topological polar surface area (TPSA) is 26.0 Å². The number of aryl methyl sites for hydroxylation is 2. The van der Waals surface area contributed by atoms with E-state index in [4.69, 9.17) is 5.73 Å². The predicted octanol–water partition coefficient (Wildman–Crippen LogP) is 2.97. The van der Waals surface area contributed by atoms with Gasteiger partial charge in [0.15, 0.2) is 0 Å². The van der Waals surface area contributed by atoms with Crippen molar-refractivity contribution in [1.82, 2.24) is 0 Å². The Labute approximate surface area is 92.7 Å². The monoisotopic (exact) mass is 203 g/mol. The Morgan fingerprint density at radius 3 is 2.20 bits per heavy atom. The van der Waals surface area contributed by atoms with Gasteiger partial charge in [-0.05, 0) is 51.5 Å². The van der Waals surface area contributed by atoms with Gasteiger partial charge in [0.25, 0.3) is 0 Å². The summed E-state index contributed by atoms with van der Waals surface area (Å²) in [4.78, 5) is 0. The first-order valence-corrected chi connectivity index (χ1v) is 5.83. The van der Waals surface area contributed by atoms with Crippen LogP contribution in [-0.2, 0) is 6.42 Å². The van der Waals surface area contributed by atoms with Gasteiger partial charge in [-0.3, -0.25) is 0 Å². The molecule has 0 aromatic heterocycles. The molecule has 0 heterocycles. The van der Waals surface area contributed by atoms with E-state index in [1.54, 1.807) is 0 Å². The quantitative estimate of drug-likeness (QED) is 0.803. The lowest BCUT2D eigenvalue weighted by Crippen LogP contribution is -2.40. The second-order valence-electron chi connectivity index (χ2n) is 5.45. The fourth-order valence-electron chi connectivity index (χ4n) is 2.50. The second kappa shape index (κ2) is 3.64. The molecule has 0 amide bonds. The van der Waals surface area contributed by atoms with Gasteiger partial charge in [0.1, 0.15) is 0 Å². The SMILES string of the molecule is Cc1cc(C)cc(CC(C)(N)C2CC2)c1. The Morgan fingerprint density at radius 2 is 1.73 bits per heavy atom. The Balaban J connectivity index is 2.16. The molecule has 0 radical (unpaired) electrons. The van der Waals surface area contributed by atoms with E-state index in [2.05, 4.69) is 39.0 Å². The molecular formula is C14H21N. The fourth-order valence-corrected chi connectivity index (χ4v) is 2.50. The number of rotatable bonds is 3. The van der Waals surface area contributed by atoms with Crippen molar-refractivity contribution >= 4 is 0 Å². The Hall–Kier alpha value is -0.820. The molecular weight excluding hydrogens is 182 g/mol. The van der Waals surface area contributed by atoms with Crippen LogP contribution in [0.25, 0.3) is 0 Å². The van der Waals surface area contributed by atoms with Gasteiger partial charge in [-0.1, -0.05) is 29.3 Å². The molecule has 1 unspecified atom stereocenters. The normalized spacial score (nSPS) is 20.0. The van der Waals surface area contributed by atoms with Crippen molar-refractivity contribution < 1.29 is 0 Å². The third-order valence-corrected chi connectivity index (χ3v) is 3.38. The van der Waals surface area contributed by atoms with E-state index in [1.165, 1.54) is 29.5 Å². The zero-order valence-corrected chi connectivity index (χ0v) is 10.0. The average molecular weight is 203 g/mol. The highest BCUT2D eigenvalue weighted by Gasteiger charge is 2.38. The van der Waals surface area contributed by atoms with Crippen LogP contribution in [0.1, 0.15) is 36.5 Å². The van der Waals surface area contributed by atoms with Gasteiger partial charge in [-0.2, -0.15) is 0 Å². The van der Waals surface area contributed by atoms with Crippen molar-refractivity contribution in [2.75, 3.05) is 0 Å². The van der Waals surface area contributed by atoms with E-state index in [0.29, 0.717) is 0 Å². The van der Waals surface area contributed by atoms with Crippen molar-refractivity contribution in [2.24, 2.45) is 11.7 Å². The van der Waals surface area contributed by atoms with Crippen LogP contribution < -0.4 is 5.73 Å². The van der Waals surface area contributed by atoms with Crippen LogP contribution in [0.2, 0.25) is 0 Å². The molecule has 1 heteroatoms. The van der Waals surface area contributed by atoms with Gasteiger partial charge in [0.2, 0.25) is 0 Å². The molecule has 1 aliphatic carbocycles. The molecule has 82 valence electrons. The average Bonchev–Trinajstić information content (AvgIpc) is 2.80. The maximum absolute atomic E-state index is 6.35. The molecule has 0 aliphatic heterocycles. The number of hydrogen-bond donors (Lipinski definition) is 1. The predicted molar refractivity (Wildman–Crippen MR) is 64.9 cm³/mol. The van der Waals surface area contributed by atoms with Gasteiger partial charge in [-0.15, -0.1) is 0 Å². The van der Waals surface area contributed by atoms with E-state index in [9.17, 15) is 0 Å². The van der Waals surface area contributed by atoms with Gasteiger partial charge < -0.3 is 5.73 Å². The molecule has 15 heavy (non-hydrogen) atoms. The summed E-state index contributed by atoms with van der Waals surface area (Å²) in [5, 5.41) is 0. The smallest absolute Gasteiger partial charge is 0.0195 e. The first-order chi connectivity index (χ1) is 6.97. The lowest BCUT2D eigenvalue weighted by Gasteiger charge is -2.24. The van der Waals surface area contributed by atoms with Gasteiger partial charge in [0, 0.05) is 5.54 Å². The molecule has 2 N–H and O–H groups in total. The molecule has 1 atom stereocenters. The number of benzene rings is 1. The zero-order chi connectivity index (χ0) is 11.1. The Morgan fingerprint density at radius 1 is 1.20 bits per heavy atom. The Kier molecular flexibility index (Phi) is 2.59. The van der Waals surface area contributed by atoms with Crippen LogP contribution >= 0.6 is 0 Å². The summed E-state index contributed by atoms with van der Waals surface area (Å²) in [6.07, 6.45) is 3.65. The summed E-state index contributed by atoms with van der Waals surface area (Å²) >= 11 is 0. The molecule has 0 bridgehead atoms. The van der Waals surface area contributed by atoms with E-state index in [-0.39, 0.29) is 5.54 Å². The maximum Gasteiger partial charge on any atom is 0.0195 e. The molecule has 1 aromatic rings. The molecule has 0 spiro atoms. The van der Waals surface area contributed by atoms with E-state index < -0.39 is 0 Å². The second-order valence-corrected chi connectivity index (χ2v) is 5.45. The molecule has 1 aromatic carbocycles. The van der Waals surface area contributed by atoms with Crippen LogP contribution in [0.4, 0.5) is 0 Å². The minimum atomic E-state index is 0.000231. The Bertz CT molecular complexity index is 341.